The highest BCUT2D eigenvalue weighted by Crippen LogP contribution is 2.20. The zero-order valence-corrected chi connectivity index (χ0v) is 8.91. The van der Waals surface area contributed by atoms with Gasteiger partial charge >= 0.3 is 0 Å². The van der Waals surface area contributed by atoms with Crippen molar-refractivity contribution in [2.45, 2.75) is 20.8 Å². The largest absolute Gasteiger partial charge is 0.323 e. The molecule has 0 saturated carbocycles. The Balaban J connectivity index is 3.35. The first-order chi connectivity index (χ1) is 6.70. The predicted octanol–water partition coefficient (Wildman–Crippen LogP) is 2.71. The van der Waals surface area contributed by atoms with Crippen LogP contribution in [0.4, 0.5) is 0 Å². The third-order valence-corrected chi connectivity index (χ3v) is 2.39. The lowest BCUT2D eigenvalue weighted by molar-refractivity contribution is 1.26. The number of rotatable bonds is 2. The number of hydrogen-bond donors (Lipinski definition) is 1. The molecule has 0 amide bonds. The van der Waals surface area contributed by atoms with Crippen LogP contribution >= 0.6 is 0 Å². The van der Waals surface area contributed by atoms with Crippen LogP contribution in [-0.2, 0) is 0 Å². The highest BCUT2D eigenvalue weighted by molar-refractivity contribution is 5.89. The standard InChI is InChI=1S/C12H16N2/c1-4-9(2)11-7-5-6-10(3)12(11)8-14-13/h4-8H,13H2,1-3H3/b9-4+,14-8-. The van der Waals surface area contributed by atoms with Gasteiger partial charge in [0.15, 0.2) is 0 Å². The van der Waals surface area contributed by atoms with Gasteiger partial charge in [-0.1, -0.05) is 24.3 Å². The lowest BCUT2D eigenvalue weighted by atomic mass is 9.97. The van der Waals surface area contributed by atoms with Crippen LogP contribution in [0.25, 0.3) is 5.57 Å². The zero-order chi connectivity index (χ0) is 10.6. The lowest BCUT2D eigenvalue weighted by Gasteiger charge is -2.08. The van der Waals surface area contributed by atoms with E-state index in [-0.39, 0.29) is 0 Å². The van der Waals surface area contributed by atoms with Gasteiger partial charge in [0, 0.05) is 5.56 Å². The summed E-state index contributed by atoms with van der Waals surface area (Å²) < 4.78 is 0. The topological polar surface area (TPSA) is 38.4 Å². The minimum Gasteiger partial charge on any atom is -0.323 e. The van der Waals surface area contributed by atoms with Gasteiger partial charge in [-0.3, -0.25) is 0 Å². The molecule has 1 aromatic carbocycles. The molecule has 2 nitrogen and oxygen atoms in total. The number of aryl methyl sites for hydroxylation is 1. The Morgan fingerprint density at radius 3 is 2.71 bits per heavy atom. The molecular weight excluding hydrogens is 172 g/mol. The molecular formula is C12H16N2. The van der Waals surface area contributed by atoms with Crippen LogP contribution in [0.3, 0.4) is 0 Å². The predicted molar refractivity (Wildman–Crippen MR) is 62.3 cm³/mol. The van der Waals surface area contributed by atoms with Gasteiger partial charge in [0.25, 0.3) is 0 Å². The Hall–Kier alpha value is -1.57. The van der Waals surface area contributed by atoms with Gasteiger partial charge in [0.1, 0.15) is 0 Å². The van der Waals surface area contributed by atoms with Gasteiger partial charge in [0.05, 0.1) is 6.21 Å². The van der Waals surface area contributed by atoms with E-state index in [1.165, 1.54) is 16.7 Å². The van der Waals surface area contributed by atoms with Crippen molar-refractivity contribution in [3.05, 3.63) is 41.0 Å². The molecule has 1 aromatic rings. The Bertz CT molecular complexity index is 376. The number of nitrogens with zero attached hydrogens (tertiary/aromatic N) is 1. The Morgan fingerprint density at radius 1 is 1.43 bits per heavy atom. The summed E-state index contributed by atoms with van der Waals surface area (Å²) in [7, 11) is 0. The summed E-state index contributed by atoms with van der Waals surface area (Å²) in [6, 6.07) is 6.19. The molecule has 2 N–H and O–H groups in total. The van der Waals surface area contributed by atoms with Crippen LogP contribution in [0.1, 0.15) is 30.5 Å². The van der Waals surface area contributed by atoms with Crippen molar-refractivity contribution in [3.63, 3.8) is 0 Å². The van der Waals surface area contributed by atoms with Crippen molar-refractivity contribution in [1.29, 1.82) is 0 Å². The molecule has 0 atom stereocenters. The second kappa shape index (κ2) is 4.61. The number of hydrogen-bond acceptors (Lipinski definition) is 2. The summed E-state index contributed by atoms with van der Waals surface area (Å²) in [5.74, 6) is 5.19. The number of benzene rings is 1. The quantitative estimate of drug-likeness (QED) is 0.432. The molecule has 0 heterocycles. The molecule has 1 rings (SSSR count). The molecule has 0 bridgehead atoms. The average Bonchev–Trinajstić information content (AvgIpc) is 2.20. The third kappa shape index (κ3) is 2.02. The highest BCUT2D eigenvalue weighted by atomic mass is 15.1. The fourth-order valence-corrected chi connectivity index (χ4v) is 1.43. The minimum absolute atomic E-state index is 1.10. The van der Waals surface area contributed by atoms with E-state index in [4.69, 9.17) is 5.84 Å². The maximum absolute atomic E-state index is 5.19. The van der Waals surface area contributed by atoms with Gasteiger partial charge in [-0.05, 0) is 37.5 Å². The molecule has 0 aromatic heterocycles. The van der Waals surface area contributed by atoms with Gasteiger partial charge in [-0.15, -0.1) is 0 Å². The molecule has 0 fully saturated rings. The monoisotopic (exact) mass is 188 g/mol. The maximum atomic E-state index is 5.19. The molecule has 0 radical (unpaired) electrons. The van der Waals surface area contributed by atoms with E-state index in [1.807, 2.05) is 13.0 Å². The first-order valence-electron chi connectivity index (χ1n) is 4.67. The van der Waals surface area contributed by atoms with Crippen molar-refractivity contribution < 1.29 is 0 Å². The normalized spacial score (nSPS) is 12.4. The molecule has 0 unspecified atom stereocenters. The van der Waals surface area contributed by atoms with Gasteiger partial charge in [-0.25, -0.2) is 0 Å². The molecule has 0 aliphatic heterocycles. The molecule has 0 saturated heterocycles. The van der Waals surface area contributed by atoms with Crippen molar-refractivity contribution in [2.75, 3.05) is 0 Å². The van der Waals surface area contributed by atoms with Crippen molar-refractivity contribution >= 4 is 11.8 Å². The molecule has 74 valence electrons. The second-order valence-corrected chi connectivity index (χ2v) is 3.29. The molecule has 0 aliphatic rings. The Labute approximate surface area is 85.1 Å². The summed E-state index contributed by atoms with van der Waals surface area (Å²) in [5.41, 5.74) is 4.73. The molecule has 0 spiro atoms. The van der Waals surface area contributed by atoms with E-state index in [0.717, 1.165) is 5.56 Å². The zero-order valence-electron chi connectivity index (χ0n) is 8.91. The summed E-state index contributed by atoms with van der Waals surface area (Å²) in [4.78, 5) is 0. The lowest BCUT2D eigenvalue weighted by Crippen LogP contribution is -1.96. The number of allylic oxidation sites excluding steroid dienone is 2. The summed E-state index contributed by atoms with van der Waals surface area (Å²) >= 11 is 0. The smallest absolute Gasteiger partial charge is 0.0546 e. The SMILES string of the molecule is C/C=C(\C)c1cccc(C)c1/C=N\N. The first-order valence-corrected chi connectivity index (χ1v) is 4.67. The second-order valence-electron chi connectivity index (χ2n) is 3.29. The van der Waals surface area contributed by atoms with Crippen LogP contribution in [0, 0.1) is 6.92 Å². The van der Waals surface area contributed by atoms with Gasteiger partial charge in [-0.2, -0.15) is 5.10 Å². The Morgan fingerprint density at radius 2 is 2.14 bits per heavy atom. The van der Waals surface area contributed by atoms with E-state index < -0.39 is 0 Å². The summed E-state index contributed by atoms with van der Waals surface area (Å²) in [6.45, 7) is 6.17. The maximum Gasteiger partial charge on any atom is 0.0546 e. The van der Waals surface area contributed by atoms with Crippen LogP contribution in [0.15, 0.2) is 29.4 Å². The van der Waals surface area contributed by atoms with E-state index in [0.29, 0.717) is 0 Å². The van der Waals surface area contributed by atoms with Crippen LogP contribution in [0.2, 0.25) is 0 Å². The third-order valence-electron chi connectivity index (χ3n) is 2.39. The van der Waals surface area contributed by atoms with Crippen LogP contribution in [0.5, 0.6) is 0 Å². The fraction of sp³-hybridized carbons (Fsp3) is 0.250. The van der Waals surface area contributed by atoms with Crippen LogP contribution < -0.4 is 5.84 Å². The molecule has 2 heteroatoms. The van der Waals surface area contributed by atoms with Gasteiger partial charge in [0.2, 0.25) is 0 Å². The van der Waals surface area contributed by atoms with Crippen molar-refractivity contribution in [2.24, 2.45) is 10.9 Å². The highest BCUT2D eigenvalue weighted by Gasteiger charge is 2.03. The van der Waals surface area contributed by atoms with E-state index in [9.17, 15) is 0 Å². The average molecular weight is 188 g/mol. The van der Waals surface area contributed by atoms with E-state index in [2.05, 4.69) is 37.2 Å². The van der Waals surface area contributed by atoms with Crippen molar-refractivity contribution in [3.8, 4) is 0 Å². The number of nitrogens with two attached hydrogens (primary N) is 1. The fourth-order valence-electron chi connectivity index (χ4n) is 1.43. The van der Waals surface area contributed by atoms with Crippen LogP contribution in [-0.4, -0.2) is 6.21 Å². The first kappa shape index (κ1) is 10.5. The van der Waals surface area contributed by atoms with E-state index in [1.54, 1.807) is 6.21 Å². The number of hydrazone groups is 1. The van der Waals surface area contributed by atoms with Crippen molar-refractivity contribution in [1.82, 2.24) is 0 Å². The Kier molecular flexibility index (Phi) is 3.46. The molecule has 0 aliphatic carbocycles. The van der Waals surface area contributed by atoms with Gasteiger partial charge < -0.3 is 5.84 Å². The summed E-state index contributed by atoms with van der Waals surface area (Å²) in [5, 5.41) is 3.59. The summed E-state index contributed by atoms with van der Waals surface area (Å²) in [6.07, 6.45) is 3.79. The minimum atomic E-state index is 1.10. The van der Waals surface area contributed by atoms with E-state index >= 15 is 0 Å². The molecule has 14 heavy (non-hydrogen) atoms.